The molecule has 128 valence electrons. The Morgan fingerprint density at radius 3 is 2.56 bits per heavy atom. The highest BCUT2D eigenvalue weighted by Crippen LogP contribution is 2.19. The first kappa shape index (κ1) is 17.6. The van der Waals surface area contributed by atoms with E-state index < -0.39 is 22.5 Å². The van der Waals surface area contributed by atoms with Gasteiger partial charge < -0.3 is 10.4 Å². The minimum Gasteiger partial charge on any atom is -0.872 e. The van der Waals surface area contributed by atoms with Crippen LogP contribution in [-0.2, 0) is 9.59 Å². The number of hydrazone groups is 1. The third-order valence-electron chi connectivity index (χ3n) is 3.17. The van der Waals surface area contributed by atoms with E-state index in [4.69, 9.17) is 0 Å². The Kier molecular flexibility index (Phi) is 5.41. The maximum atomic E-state index is 11.8. The van der Waals surface area contributed by atoms with Crippen LogP contribution >= 0.6 is 0 Å². The van der Waals surface area contributed by atoms with Crippen molar-refractivity contribution in [2.24, 2.45) is 5.10 Å². The first-order chi connectivity index (χ1) is 11.9. The van der Waals surface area contributed by atoms with Gasteiger partial charge >= 0.3 is 11.8 Å². The number of anilines is 1. The zero-order chi connectivity index (χ0) is 18.4. The predicted molar refractivity (Wildman–Crippen MR) is 88.1 cm³/mol. The van der Waals surface area contributed by atoms with Crippen LogP contribution in [0.1, 0.15) is 11.1 Å². The molecule has 2 N–H and O–H groups in total. The standard InChI is InChI=1S/C16H14N4O5/c1-10-4-2-3-5-13(10)18-15(22)16(23)19-17-9-11-8-12(20(24)25)6-7-14(11)21/h2-9,21H,1H3,(H,18,22)(H,19,23)/p-1/b17-9-. The van der Waals surface area contributed by atoms with Gasteiger partial charge in [-0.3, -0.25) is 19.7 Å². The molecule has 0 heterocycles. The molecule has 0 spiro atoms. The molecular weight excluding hydrogens is 328 g/mol. The van der Waals surface area contributed by atoms with E-state index in [0.29, 0.717) is 5.69 Å². The summed E-state index contributed by atoms with van der Waals surface area (Å²) in [5.41, 5.74) is 2.84. The van der Waals surface area contributed by atoms with E-state index in [1.54, 1.807) is 31.2 Å². The maximum Gasteiger partial charge on any atom is 0.329 e. The van der Waals surface area contributed by atoms with E-state index in [1.807, 2.05) is 5.43 Å². The number of rotatable bonds is 4. The van der Waals surface area contributed by atoms with E-state index in [0.717, 1.165) is 30.0 Å². The Labute approximate surface area is 142 Å². The lowest BCUT2D eigenvalue weighted by molar-refractivity contribution is -0.385. The number of benzene rings is 2. The van der Waals surface area contributed by atoms with Crippen molar-refractivity contribution in [2.75, 3.05) is 5.32 Å². The second kappa shape index (κ2) is 7.68. The number of amides is 2. The Morgan fingerprint density at radius 2 is 1.88 bits per heavy atom. The smallest absolute Gasteiger partial charge is 0.329 e. The first-order valence-corrected chi connectivity index (χ1v) is 7.04. The molecule has 0 saturated carbocycles. The van der Waals surface area contributed by atoms with Gasteiger partial charge in [-0.05, 0) is 24.1 Å². The van der Waals surface area contributed by atoms with Crippen LogP contribution in [0.3, 0.4) is 0 Å². The summed E-state index contributed by atoms with van der Waals surface area (Å²) in [5, 5.41) is 28.1. The number of para-hydroxylation sites is 1. The highest BCUT2D eigenvalue weighted by Gasteiger charge is 2.13. The molecule has 0 saturated heterocycles. The molecule has 0 atom stereocenters. The largest absolute Gasteiger partial charge is 0.872 e. The summed E-state index contributed by atoms with van der Waals surface area (Å²) >= 11 is 0. The van der Waals surface area contributed by atoms with Gasteiger partial charge in [-0.15, -0.1) is 0 Å². The lowest BCUT2D eigenvalue weighted by Crippen LogP contribution is -2.32. The van der Waals surface area contributed by atoms with Crippen LogP contribution in [0.5, 0.6) is 5.75 Å². The summed E-state index contributed by atoms with van der Waals surface area (Å²) in [6.07, 6.45) is 0.939. The van der Waals surface area contributed by atoms with Gasteiger partial charge in [-0.2, -0.15) is 5.10 Å². The molecule has 0 aliphatic rings. The van der Waals surface area contributed by atoms with Gasteiger partial charge in [0.25, 0.3) is 5.69 Å². The van der Waals surface area contributed by atoms with Crippen molar-refractivity contribution in [3.05, 3.63) is 63.7 Å². The van der Waals surface area contributed by atoms with Crippen LogP contribution in [0.15, 0.2) is 47.6 Å². The molecule has 0 aliphatic heterocycles. The van der Waals surface area contributed by atoms with Crippen LogP contribution in [0.4, 0.5) is 11.4 Å². The zero-order valence-electron chi connectivity index (χ0n) is 13.1. The molecule has 2 amide bonds. The Bertz CT molecular complexity index is 863. The number of nitrogens with zero attached hydrogens (tertiary/aromatic N) is 2. The van der Waals surface area contributed by atoms with Gasteiger partial charge in [0.15, 0.2) is 0 Å². The van der Waals surface area contributed by atoms with Crippen LogP contribution in [0.25, 0.3) is 0 Å². The van der Waals surface area contributed by atoms with Gasteiger partial charge in [0.1, 0.15) is 0 Å². The average Bonchev–Trinajstić information content (AvgIpc) is 2.58. The van der Waals surface area contributed by atoms with E-state index in [2.05, 4.69) is 10.4 Å². The SMILES string of the molecule is Cc1ccccc1NC(=O)C(=O)N/N=C\c1cc([N+](=O)[O-])ccc1[O-]. The van der Waals surface area contributed by atoms with Crippen molar-refractivity contribution < 1.29 is 19.6 Å². The Balaban J connectivity index is 2.01. The van der Waals surface area contributed by atoms with Crippen molar-refractivity contribution in [2.45, 2.75) is 6.92 Å². The highest BCUT2D eigenvalue weighted by molar-refractivity contribution is 6.39. The second-order valence-electron chi connectivity index (χ2n) is 4.95. The van der Waals surface area contributed by atoms with E-state index in [1.165, 1.54) is 0 Å². The molecular formula is C16H13N4O5-. The lowest BCUT2D eigenvalue weighted by atomic mass is 10.2. The van der Waals surface area contributed by atoms with Crippen LogP contribution in [-0.4, -0.2) is 23.0 Å². The molecule has 9 nitrogen and oxygen atoms in total. The summed E-state index contributed by atoms with van der Waals surface area (Å²) < 4.78 is 0. The number of hydrogen-bond donors (Lipinski definition) is 2. The molecule has 0 aliphatic carbocycles. The minimum absolute atomic E-state index is 0.0891. The van der Waals surface area contributed by atoms with Crippen LogP contribution in [0, 0.1) is 17.0 Å². The highest BCUT2D eigenvalue weighted by atomic mass is 16.6. The fourth-order valence-electron chi connectivity index (χ4n) is 1.85. The topological polar surface area (TPSA) is 137 Å². The maximum absolute atomic E-state index is 11.8. The summed E-state index contributed by atoms with van der Waals surface area (Å²) in [4.78, 5) is 33.5. The van der Waals surface area contributed by atoms with Crippen molar-refractivity contribution in [1.29, 1.82) is 0 Å². The molecule has 0 fully saturated rings. The molecule has 0 aromatic heterocycles. The Hall–Kier alpha value is -3.75. The van der Waals surface area contributed by atoms with Gasteiger partial charge in [0.05, 0.1) is 11.1 Å². The quantitative estimate of drug-likeness (QED) is 0.371. The first-order valence-electron chi connectivity index (χ1n) is 7.04. The van der Waals surface area contributed by atoms with E-state index in [9.17, 15) is 24.8 Å². The normalized spacial score (nSPS) is 10.4. The zero-order valence-corrected chi connectivity index (χ0v) is 13.1. The van der Waals surface area contributed by atoms with Crippen LogP contribution in [0.2, 0.25) is 0 Å². The molecule has 2 aromatic carbocycles. The number of non-ortho nitro benzene ring substituents is 1. The Morgan fingerprint density at radius 1 is 1.16 bits per heavy atom. The summed E-state index contributed by atoms with van der Waals surface area (Å²) in [5.74, 6) is -2.49. The third-order valence-corrected chi connectivity index (χ3v) is 3.17. The summed E-state index contributed by atoms with van der Waals surface area (Å²) in [7, 11) is 0. The van der Waals surface area contributed by atoms with Gasteiger partial charge in [-0.1, -0.05) is 30.0 Å². The lowest BCUT2D eigenvalue weighted by Gasteiger charge is -2.09. The summed E-state index contributed by atoms with van der Waals surface area (Å²) in [6.45, 7) is 1.77. The monoisotopic (exact) mass is 341 g/mol. The van der Waals surface area contributed by atoms with Crippen molar-refractivity contribution in [3.63, 3.8) is 0 Å². The van der Waals surface area contributed by atoms with Gasteiger partial charge in [0, 0.05) is 17.8 Å². The number of nitrogens with one attached hydrogen (secondary N) is 2. The third kappa shape index (κ3) is 4.61. The van der Waals surface area contributed by atoms with Crippen molar-refractivity contribution >= 4 is 29.4 Å². The molecule has 9 heteroatoms. The number of nitro benzene ring substituents is 1. The minimum atomic E-state index is -1.04. The summed E-state index contributed by atoms with van der Waals surface area (Å²) in [6, 6.07) is 10.00. The number of carbonyl (C=O) groups excluding carboxylic acids is 2. The molecule has 2 aromatic rings. The predicted octanol–water partition coefficient (Wildman–Crippen LogP) is 1.07. The van der Waals surface area contributed by atoms with Crippen LogP contribution < -0.4 is 15.8 Å². The number of aryl methyl sites for hydroxylation is 1. The van der Waals surface area contributed by atoms with Gasteiger partial charge in [-0.25, -0.2) is 5.43 Å². The van der Waals surface area contributed by atoms with Crippen molar-refractivity contribution in [3.8, 4) is 5.75 Å². The van der Waals surface area contributed by atoms with E-state index in [-0.39, 0.29) is 11.3 Å². The molecule has 0 bridgehead atoms. The fraction of sp³-hybridized carbons (Fsp3) is 0.0625. The molecule has 0 unspecified atom stereocenters. The van der Waals surface area contributed by atoms with Crippen molar-refractivity contribution in [1.82, 2.24) is 5.43 Å². The molecule has 25 heavy (non-hydrogen) atoms. The van der Waals surface area contributed by atoms with E-state index >= 15 is 0 Å². The van der Waals surface area contributed by atoms with Gasteiger partial charge in [0.2, 0.25) is 0 Å². The average molecular weight is 341 g/mol. The number of hydrogen-bond acceptors (Lipinski definition) is 6. The second-order valence-corrected chi connectivity index (χ2v) is 4.95. The number of carbonyl (C=O) groups is 2. The fourth-order valence-corrected chi connectivity index (χ4v) is 1.85. The molecule has 0 radical (unpaired) electrons. The molecule has 2 rings (SSSR count). The number of nitro groups is 1.